The Morgan fingerprint density at radius 2 is 2.24 bits per heavy atom. The van der Waals surface area contributed by atoms with Crippen LogP contribution < -0.4 is 5.32 Å². The molecule has 1 aromatic rings. The number of nitrogens with one attached hydrogen (secondary N) is 1. The van der Waals surface area contributed by atoms with E-state index in [1.807, 2.05) is 13.0 Å². The predicted octanol–water partition coefficient (Wildman–Crippen LogP) is 2.37. The highest BCUT2D eigenvalue weighted by atomic mass is 79.9. The van der Waals surface area contributed by atoms with Crippen molar-refractivity contribution in [2.75, 3.05) is 5.32 Å². The molecule has 0 spiro atoms. The lowest BCUT2D eigenvalue weighted by Gasteiger charge is -2.49. The lowest BCUT2D eigenvalue weighted by atomic mass is 9.64. The summed E-state index contributed by atoms with van der Waals surface area (Å²) in [6.07, 6.45) is 1.36. The first-order valence-corrected chi connectivity index (χ1v) is 6.71. The summed E-state index contributed by atoms with van der Waals surface area (Å²) in [5.41, 5.74) is -0.0934. The molecule has 1 heterocycles. The minimum Gasteiger partial charge on any atom is -0.392 e. The van der Waals surface area contributed by atoms with Crippen LogP contribution in [0.3, 0.4) is 0 Å². The van der Waals surface area contributed by atoms with Gasteiger partial charge in [0.1, 0.15) is 16.2 Å². The molecule has 1 saturated carbocycles. The van der Waals surface area contributed by atoms with Crippen LogP contribution in [-0.2, 0) is 6.42 Å². The molecule has 1 aromatic heterocycles. The molecule has 0 aromatic carbocycles. The summed E-state index contributed by atoms with van der Waals surface area (Å²) < 4.78 is 0.796. The van der Waals surface area contributed by atoms with Crippen LogP contribution in [0, 0.1) is 5.41 Å². The van der Waals surface area contributed by atoms with E-state index in [4.69, 9.17) is 0 Å². The minimum absolute atomic E-state index is 0.0934. The van der Waals surface area contributed by atoms with Crippen LogP contribution in [-0.4, -0.2) is 27.2 Å². The Morgan fingerprint density at radius 3 is 2.76 bits per heavy atom. The lowest BCUT2D eigenvalue weighted by molar-refractivity contribution is -0.0511. The largest absolute Gasteiger partial charge is 0.392 e. The molecule has 5 heteroatoms. The van der Waals surface area contributed by atoms with Gasteiger partial charge in [-0.15, -0.1) is 0 Å². The highest BCUT2D eigenvalue weighted by Crippen LogP contribution is 2.42. The maximum Gasteiger partial charge on any atom is 0.131 e. The molecule has 94 valence electrons. The van der Waals surface area contributed by atoms with E-state index >= 15 is 0 Å². The van der Waals surface area contributed by atoms with E-state index in [1.54, 1.807) is 0 Å². The highest BCUT2D eigenvalue weighted by Gasteiger charge is 2.47. The first kappa shape index (κ1) is 12.8. The monoisotopic (exact) mass is 299 g/mol. The van der Waals surface area contributed by atoms with Crippen LogP contribution in [0.15, 0.2) is 10.7 Å². The van der Waals surface area contributed by atoms with Crippen LogP contribution in [0.5, 0.6) is 0 Å². The third-order valence-corrected chi connectivity index (χ3v) is 4.00. The SMILES string of the molecule is CCc1nc(Br)cc(NC2CC(O)C2(C)C)n1. The maximum absolute atomic E-state index is 9.70. The van der Waals surface area contributed by atoms with Gasteiger partial charge in [-0.3, -0.25) is 0 Å². The first-order chi connectivity index (χ1) is 7.93. The van der Waals surface area contributed by atoms with E-state index < -0.39 is 0 Å². The van der Waals surface area contributed by atoms with Gasteiger partial charge in [-0.2, -0.15) is 0 Å². The van der Waals surface area contributed by atoms with Crippen LogP contribution in [0.25, 0.3) is 0 Å². The van der Waals surface area contributed by atoms with E-state index in [-0.39, 0.29) is 17.6 Å². The van der Waals surface area contributed by atoms with Crippen molar-refractivity contribution < 1.29 is 5.11 Å². The number of aryl methyl sites for hydroxylation is 1. The van der Waals surface area contributed by atoms with Crippen molar-refractivity contribution in [3.63, 3.8) is 0 Å². The van der Waals surface area contributed by atoms with Crippen molar-refractivity contribution in [2.45, 2.75) is 45.8 Å². The Labute approximate surface area is 110 Å². The normalized spacial score (nSPS) is 26.4. The predicted molar refractivity (Wildman–Crippen MR) is 70.9 cm³/mol. The van der Waals surface area contributed by atoms with E-state index in [0.29, 0.717) is 0 Å². The average Bonchev–Trinajstić information content (AvgIpc) is 2.28. The van der Waals surface area contributed by atoms with Crippen molar-refractivity contribution >= 4 is 21.7 Å². The first-order valence-electron chi connectivity index (χ1n) is 5.91. The average molecular weight is 300 g/mol. The second-order valence-electron chi connectivity index (χ2n) is 5.12. The second-order valence-corrected chi connectivity index (χ2v) is 5.93. The molecule has 1 aliphatic rings. The molecule has 0 bridgehead atoms. The Hall–Kier alpha value is -0.680. The maximum atomic E-state index is 9.70. The second kappa shape index (κ2) is 4.53. The zero-order valence-electron chi connectivity index (χ0n) is 10.4. The summed E-state index contributed by atoms with van der Waals surface area (Å²) in [5.74, 6) is 1.65. The van der Waals surface area contributed by atoms with Crippen LogP contribution in [0.1, 0.15) is 33.0 Å². The molecule has 17 heavy (non-hydrogen) atoms. The quantitative estimate of drug-likeness (QED) is 0.842. The number of nitrogens with zero attached hydrogens (tertiary/aromatic N) is 2. The van der Waals surface area contributed by atoms with Gasteiger partial charge in [-0.1, -0.05) is 20.8 Å². The van der Waals surface area contributed by atoms with Gasteiger partial charge in [-0.25, -0.2) is 9.97 Å². The van der Waals surface area contributed by atoms with Crippen LogP contribution >= 0.6 is 15.9 Å². The Balaban J connectivity index is 2.12. The molecule has 0 amide bonds. The number of hydrogen-bond donors (Lipinski definition) is 2. The molecule has 0 saturated heterocycles. The standard InChI is InChI=1S/C12H18BrN3O/c1-4-10-15-9(13)6-11(16-10)14-7-5-8(17)12(7,2)3/h6-8,17H,4-5H2,1-3H3,(H,14,15,16). The van der Waals surface area contributed by atoms with Crippen molar-refractivity contribution in [1.29, 1.82) is 0 Å². The van der Waals surface area contributed by atoms with Crippen molar-refractivity contribution in [2.24, 2.45) is 5.41 Å². The third kappa shape index (κ3) is 2.45. The van der Waals surface area contributed by atoms with Gasteiger partial charge in [0.2, 0.25) is 0 Å². The smallest absolute Gasteiger partial charge is 0.131 e. The summed E-state index contributed by atoms with van der Waals surface area (Å²) in [5, 5.41) is 13.1. The molecule has 2 N–H and O–H groups in total. The molecular weight excluding hydrogens is 282 g/mol. The van der Waals surface area contributed by atoms with Gasteiger partial charge in [0.05, 0.1) is 6.10 Å². The minimum atomic E-state index is -0.226. The number of aromatic nitrogens is 2. The molecule has 0 aliphatic heterocycles. The van der Waals surface area contributed by atoms with E-state index in [2.05, 4.69) is 45.1 Å². The number of aliphatic hydroxyl groups is 1. The fourth-order valence-corrected chi connectivity index (χ4v) is 2.44. The van der Waals surface area contributed by atoms with Crippen molar-refractivity contribution in [1.82, 2.24) is 9.97 Å². The highest BCUT2D eigenvalue weighted by molar-refractivity contribution is 9.10. The van der Waals surface area contributed by atoms with Crippen LogP contribution in [0.2, 0.25) is 0 Å². The number of anilines is 1. The molecule has 1 aliphatic carbocycles. The molecule has 2 rings (SSSR count). The summed E-state index contributed by atoms with van der Waals surface area (Å²) in [6, 6.07) is 2.14. The fraction of sp³-hybridized carbons (Fsp3) is 0.667. The fourth-order valence-electron chi connectivity index (χ4n) is 2.02. The number of aliphatic hydroxyl groups excluding tert-OH is 1. The van der Waals surface area contributed by atoms with Gasteiger partial charge in [0.15, 0.2) is 0 Å². The van der Waals surface area contributed by atoms with Gasteiger partial charge >= 0.3 is 0 Å². The topological polar surface area (TPSA) is 58.0 Å². The zero-order chi connectivity index (χ0) is 12.6. The summed E-state index contributed by atoms with van der Waals surface area (Å²) in [7, 11) is 0. The molecule has 2 atom stereocenters. The van der Waals surface area contributed by atoms with E-state index in [9.17, 15) is 5.11 Å². The summed E-state index contributed by atoms with van der Waals surface area (Å²) in [4.78, 5) is 8.70. The molecule has 2 unspecified atom stereocenters. The lowest BCUT2D eigenvalue weighted by Crippen LogP contribution is -2.57. The Kier molecular flexibility index (Phi) is 3.41. The van der Waals surface area contributed by atoms with Gasteiger partial charge < -0.3 is 10.4 Å². The third-order valence-electron chi connectivity index (χ3n) is 3.60. The molecular formula is C12H18BrN3O. The molecule has 4 nitrogen and oxygen atoms in total. The van der Waals surface area contributed by atoms with Gasteiger partial charge in [-0.05, 0) is 22.4 Å². The molecule has 0 radical (unpaired) electrons. The van der Waals surface area contributed by atoms with Gasteiger partial charge in [0, 0.05) is 23.9 Å². The van der Waals surface area contributed by atoms with E-state index in [1.165, 1.54) is 0 Å². The number of halogens is 1. The van der Waals surface area contributed by atoms with Crippen LogP contribution in [0.4, 0.5) is 5.82 Å². The summed E-state index contributed by atoms with van der Waals surface area (Å²) in [6.45, 7) is 6.16. The zero-order valence-corrected chi connectivity index (χ0v) is 12.0. The number of hydrogen-bond acceptors (Lipinski definition) is 4. The van der Waals surface area contributed by atoms with Gasteiger partial charge in [0.25, 0.3) is 0 Å². The molecule has 1 fully saturated rings. The van der Waals surface area contributed by atoms with E-state index in [0.717, 1.165) is 29.1 Å². The number of rotatable bonds is 3. The summed E-state index contributed by atoms with van der Waals surface area (Å²) >= 11 is 3.38. The van der Waals surface area contributed by atoms with Crippen molar-refractivity contribution in [3.05, 3.63) is 16.5 Å². The van der Waals surface area contributed by atoms with Crippen molar-refractivity contribution in [3.8, 4) is 0 Å². The Bertz CT molecular complexity index is 422. The Morgan fingerprint density at radius 1 is 1.53 bits per heavy atom.